The highest BCUT2D eigenvalue weighted by atomic mass is 35.5. The van der Waals surface area contributed by atoms with Gasteiger partial charge in [-0.25, -0.2) is 0 Å². The van der Waals surface area contributed by atoms with E-state index in [4.69, 9.17) is 62.1 Å². The predicted octanol–water partition coefficient (Wildman–Crippen LogP) is 10.1. The molecular formula is C57H63Cl2N3O12. The minimum Gasteiger partial charge on any atom is -0.464 e. The molecule has 10 unspecified atom stereocenters. The van der Waals surface area contributed by atoms with Gasteiger partial charge in [0.1, 0.15) is 30.3 Å². The Labute approximate surface area is 440 Å². The molecule has 0 aliphatic carbocycles. The molecule has 0 spiro atoms. The second kappa shape index (κ2) is 21.6. The lowest BCUT2D eigenvalue weighted by Gasteiger charge is -2.44. The summed E-state index contributed by atoms with van der Waals surface area (Å²) < 4.78 is 43.4. The van der Waals surface area contributed by atoms with Gasteiger partial charge < -0.3 is 48.7 Å². The third kappa shape index (κ3) is 9.95. The molecule has 5 aromatic carbocycles. The van der Waals surface area contributed by atoms with Crippen molar-refractivity contribution >= 4 is 91.5 Å². The third-order valence-corrected chi connectivity index (χ3v) is 16.2. The second-order valence-electron chi connectivity index (χ2n) is 20.2. The van der Waals surface area contributed by atoms with Crippen molar-refractivity contribution in [3.63, 3.8) is 0 Å². The number of esters is 3. The van der Waals surface area contributed by atoms with Gasteiger partial charge in [0.15, 0.2) is 6.10 Å². The number of hydrogen-bond donors (Lipinski definition) is 1. The average Bonchev–Trinajstić information content (AvgIpc) is 3.95. The number of alkyl halides is 2. The highest BCUT2D eigenvalue weighted by Gasteiger charge is 2.49. The Morgan fingerprint density at radius 1 is 0.595 bits per heavy atom. The van der Waals surface area contributed by atoms with Crippen LogP contribution in [-0.4, -0.2) is 98.2 Å². The fraction of sp³-hybridized carbons (Fsp3) is 0.456. The maximum atomic E-state index is 15.1. The smallest absolute Gasteiger partial charge is 0.303 e. The van der Waals surface area contributed by atoms with Crippen LogP contribution in [0.25, 0.3) is 21.5 Å². The van der Waals surface area contributed by atoms with E-state index >= 15 is 9.59 Å². The number of carbonyl (C=O) groups excluding carboxylic acids is 5. The molecule has 5 aromatic rings. The van der Waals surface area contributed by atoms with Crippen molar-refractivity contribution in [3.05, 3.63) is 101 Å². The summed E-state index contributed by atoms with van der Waals surface area (Å²) in [6.45, 7) is 14.5. The number of ether oxygens (including phenoxy) is 7. The van der Waals surface area contributed by atoms with Gasteiger partial charge in [0.05, 0.1) is 23.4 Å². The molecule has 4 aliphatic rings. The van der Waals surface area contributed by atoms with Crippen LogP contribution in [0.2, 0.25) is 0 Å². The van der Waals surface area contributed by atoms with Gasteiger partial charge in [-0.15, -0.1) is 23.2 Å². The van der Waals surface area contributed by atoms with Crippen molar-refractivity contribution in [2.24, 2.45) is 23.7 Å². The number of benzene rings is 5. The SMILES string of the molecule is CCC1OC(Oc2cc3c(c4ccccc24)[C@H](CCl)CN3C(=O)c2cc(N)cc(C(=O)N3C[C@@H](CCl)c4c3cc(OC3OC(COC(C)=O)C(C)C(C)C3C)c3ccccc43)c2)C(C)C(OC(C)=O)C1OC(C)=O. The Balaban J connectivity index is 1.04. The van der Waals surface area contributed by atoms with Crippen molar-refractivity contribution in [2.75, 3.05) is 47.0 Å². The van der Waals surface area contributed by atoms with E-state index in [1.54, 1.807) is 41.0 Å². The standard InChI is InChI=1S/C57H63Cl2N3O12/c1-9-46-53(70-34(8)65)52(69-33(7)64)31(5)57(71-46)73-48-22-45-51(43-17-13-11-15-41(43)48)38(24-59)26-62(45)55(67)36-18-35(19-39(60)20-36)54(66)61-25-37(23-58)50-42-16-12-10-14-40(42)47(21-44(50)61)72-56-30(4)28(2)29(3)49(74-56)27-68-32(6)63/h10-22,28-31,37-38,46,49,52-53,56-57H,9,23-27,60H2,1-8H3/t28?,29?,30?,31?,37-,38-,46?,49?,52?,53?,56?,57?/m1/s1. The zero-order valence-corrected chi connectivity index (χ0v) is 44.3. The van der Waals surface area contributed by atoms with Gasteiger partial charge in [-0.1, -0.05) is 83.1 Å². The fourth-order valence-corrected chi connectivity index (χ4v) is 11.8. The molecule has 0 radical (unpaired) electrons. The van der Waals surface area contributed by atoms with Gasteiger partial charge >= 0.3 is 17.9 Å². The molecule has 0 saturated carbocycles. The first-order chi connectivity index (χ1) is 35.4. The lowest BCUT2D eigenvalue weighted by atomic mass is 9.79. The zero-order valence-electron chi connectivity index (χ0n) is 42.8. The molecule has 12 atom stereocenters. The van der Waals surface area contributed by atoms with Crippen LogP contribution in [0.5, 0.6) is 11.5 Å². The summed E-state index contributed by atoms with van der Waals surface area (Å²) >= 11 is 13.4. The number of nitrogens with two attached hydrogens (primary N) is 1. The van der Waals surface area contributed by atoms with Crippen LogP contribution in [0.3, 0.4) is 0 Å². The maximum Gasteiger partial charge on any atom is 0.303 e. The van der Waals surface area contributed by atoms with Crippen molar-refractivity contribution in [2.45, 2.75) is 111 Å². The largest absolute Gasteiger partial charge is 0.464 e. The topological polar surface area (TPSA) is 182 Å². The summed E-state index contributed by atoms with van der Waals surface area (Å²) in [5, 5.41) is 3.28. The Kier molecular flexibility index (Phi) is 15.4. The molecule has 15 nitrogen and oxygen atoms in total. The van der Waals surface area contributed by atoms with E-state index in [9.17, 15) is 14.4 Å². The summed E-state index contributed by atoms with van der Waals surface area (Å²) in [7, 11) is 0. The van der Waals surface area contributed by atoms with Gasteiger partial charge in [-0.05, 0) is 58.4 Å². The number of amides is 2. The summed E-state index contributed by atoms with van der Waals surface area (Å²) in [6, 6.07) is 23.9. The van der Waals surface area contributed by atoms with Crippen molar-refractivity contribution < 1.29 is 57.1 Å². The number of nitrogen functional groups attached to an aromatic ring is 1. The summed E-state index contributed by atoms with van der Waals surface area (Å²) in [6.07, 6.45) is -3.98. The molecular weight excluding hydrogens is 990 g/mol. The van der Waals surface area contributed by atoms with E-state index in [0.29, 0.717) is 29.3 Å². The van der Waals surface area contributed by atoms with Crippen LogP contribution < -0.4 is 25.0 Å². The number of rotatable bonds is 13. The van der Waals surface area contributed by atoms with Crippen LogP contribution in [0.15, 0.2) is 78.9 Å². The molecule has 2 fully saturated rings. The van der Waals surface area contributed by atoms with Gasteiger partial charge in [0, 0.05) is 103 Å². The first-order valence-corrected chi connectivity index (χ1v) is 26.4. The predicted molar refractivity (Wildman–Crippen MR) is 282 cm³/mol. The van der Waals surface area contributed by atoms with Gasteiger partial charge in [-0.3, -0.25) is 24.0 Å². The van der Waals surface area contributed by atoms with Crippen molar-refractivity contribution in [1.82, 2.24) is 0 Å². The van der Waals surface area contributed by atoms with Crippen molar-refractivity contribution in [1.29, 1.82) is 0 Å². The van der Waals surface area contributed by atoms with Crippen LogP contribution in [0.4, 0.5) is 17.1 Å². The van der Waals surface area contributed by atoms with E-state index < -0.39 is 54.7 Å². The van der Waals surface area contributed by atoms with Crippen LogP contribution >= 0.6 is 23.2 Å². The first-order valence-electron chi connectivity index (χ1n) is 25.3. The van der Waals surface area contributed by atoms with E-state index in [1.807, 2.05) is 61.5 Å². The van der Waals surface area contributed by atoms with E-state index in [0.717, 1.165) is 32.7 Å². The molecule has 17 heteroatoms. The molecule has 392 valence electrons. The molecule has 2 saturated heterocycles. The molecule has 0 bridgehead atoms. The number of hydrogen-bond acceptors (Lipinski definition) is 13. The average molecular weight is 1050 g/mol. The quantitative estimate of drug-likeness (QED) is 0.0509. The molecule has 4 aliphatic heterocycles. The number of carbonyl (C=O) groups is 5. The number of halogens is 2. The molecule has 2 amide bonds. The number of anilines is 3. The first kappa shape index (κ1) is 52.7. The second-order valence-corrected chi connectivity index (χ2v) is 20.8. The Morgan fingerprint density at radius 2 is 1.05 bits per heavy atom. The monoisotopic (exact) mass is 1050 g/mol. The fourth-order valence-electron chi connectivity index (χ4n) is 11.3. The summed E-state index contributed by atoms with van der Waals surface area (Å²) in [5.41, 5.74) is 10.1. The third-order valence-electron chi connectivity index (χ3n) is 15.4. The molecule has 74 heavy (non-hydrogen) atoms. The number of fused-ring (bicyclic) bond motifs is 6. The lowest BCUT2D eigenvalue weighted by molar-refractivity contribution is -0.260. The molecule has 0 aromatic heterocycles. The zero-order chi connectivity index (χ0) is 52.9. The van der Waals surface area contributed by atoms with Crippen LogP contribution in [0, 0.1) is 23.7 Å². The molecule has 4 heterocycles. The Morgan fingerprint density at radius 3 is 1.51 bits per heavy atom. The van der Waals surface area contributed by atoms with Crippen LogP contribution in [0.1, 0.15) is 105 Å². The Bertz CT molecular complexity index is 3010. The minimum absolute atomic E-state index is 0.0325. The van der Waals surface area contributed by atoms with Crippen LogP contribution in [-0.2, 0) is 38.1 Å². The minimum atomic E-state index is -0.952. The molecule has 2 N–H and O–H groups in total. The highest BCUT2D eigenvalue weighted by molar-refractivity contribution is 6.20. The lowest BCUT2D eigenvalue weighted by Crippen LogP contribution is -2.57. The maximum absolute atomic E-state index is 15.1. The normalized spacial score (nSPS) is 27.3. The Hall–Kier alpha value is -6.13. The van der Waals surface area contributed by atoms with E-state index in [2.05, 4.69) is 20.8 Å². The van der Waals surface area contributed by atoms with Gasteiger partial charge in [0.25, 0.3) is 11.8 Å². The molecule has 9 rings (SSSR count). The number of nitrogens with zero attached hydrogens (tertiary/aromatic N) is 2. The van der Waals surface area contributed by atoms with Gasteiger partial charge in [0.2, 0.25) is 12.6 Å². The van der Waals surface area contributed by atoms with Crippen molar-refractivity contribution in [3.8, 4) is 11.5 Å². The highest BCUT2D eigenvalue weighted by Crippen LogP contribution is 2.49. The van der Waals surface area contributed by atoms with E-state index in [-0.39, 0.29) is 95.8 Å². The summed E-state index contributed by atoms with van der Waals surface area (Å²) in [4.78, 5) is 69.8. The van der Waals surface area contributed by atoms with E-state index in [1.165, 1.54) is 20.8 Å². The summed E-state index contributed by atoms with van der Waals surface area (Å²) in [5.74, 6) is -1.75. The van der Waals surface area contributed by atoms with Gasteiger partial charge in [-0.2, -0.15) is 0 Å².